The number of nitrogens with zero attached hydrogens (tertiary/aromatic N) is 2. The zero-order valence-electron chi connectivity index (χ0n) is 8.65. The SMILES string of the molecule is O=c1[nH]ncc(N2CCSC3CCC32)c1Cl. The van der Waals surface area contributed by atoms with Crippen LogP contribution in [0.3, 0.4) is 0 Å². The van der Waals surface area contributed by atoms with Crippen LogP contribution in [0.5, 0.6) is 0 Å². The van der Waals surface area contributed by atoms with Crippen molar-refractivity contribution in [2.24, 2.45) is 0 Å². The topological polar surface area (TPSA) is 49.0 Å². The summed E-state index contributed by atoms with van der Waals surface area (Å²) in [5.41, 5.74) is 0.494. The molecule has 6 heteroatoms. The van der Waals surface area contributed by atoms with Crippen LogP contribution in [0.15, 0.2) is 11.0 Å². The molecule has 1 aliphatic heterocycles. The lowest BCUT2D eigenvalue weighted by Gasteiger charge is -2.48. The van der Waals surface area contributed by atoms with Crippen molar-refractivity contribution >= 4 is 29.1 Å². The molecule has 1 N–H and O–H groups in total. The number of aromatic amines is 1. The van der Waals surface area contributed by atoms with Gasteiger partial charge in [0.15, 0.2) is 0 Å². The fraction of sp³-hybridized carbons (Fsp3) is 0.600. The highest BCUT2D eigenvalue weighted by molar-refractivity contribution is 8.00. The van der Waals surface area contributed by atoms with Gasteiger partial charge in [0.1, 0.15) is 5.02 Å². The Kier molecular flexibility index (Phi) is 2.59. The zero-order valence-corrected chi connectivity index (χ0v) is 10.2. The van der Waals surface area contributed by atoms with Crippen molar-refractivity contribution in [3.05, 3.63) is 21.6 Å². The molecule has 4 nitrogen and oxygen atoms in total. The van der Waals surface area contributed by atoms with Crippen molar-refractivity contribution < 1.29 is 0 Å². The monoisotopic (exact) mass is 257 g/mol. The van der Waals surface area contributed by atoms with E-state index in [2.05, 4.69) is 15.1 Å². The lowest BCUT2D eigenvalue weighted by Crippen LogP contribution is -2.54. The fourth-order valence-corrected chi connectivity index (χ4v) is 3.96. The van der Waals surface area contributed by atoms with Crippen molar-refractivity contribution in [1.82, 2.24) is 10.2 Å². The van der Waals surface area contributed by atoms with Gasteiger partial charge in [0.05, 0.1) is 11.9 Å². The van der Waals surface area contributed by atoms with Gasteiger partial charge in [-0.15, -0.1) is 0 Å². The summed E-state index contributed by atoms with van der Waals surface area (Å²) < 4.78 is 0. The number of aromatic nitrogens is 2. The standard InChI is InChI=1S/C10H12ClN3OS/c11-9-7(5-12-13-10(9)15)14-3-4-16-8-2-1-6(8)14/h5-6,8H,1-4H2,(H,13,15). The lowest BCUT2D eigenvalue weighted by atomic mass is 9.90. The van der Waals surface area contributed by atoms with Crippen LogP contribution in [0, 0.1) is 0 Å². The maximum Gasteiger partial charge on any atom is 0.285 e. The summed E-state index contributed by atoms with van der Waals surface area (Å²) in [5, 5.41) is 7.17. The van der Waals surface area contributed by atoms with Crippen LogP contribution in [-0.2, 0) is 0 Å². The van der Waals surface area contributed by atoms with Crippen molar-refractivity contribution in [2.75, 3.05) is 17.2 Å². The Morgan fingerprint density at radius 1 is 1.56 bits per heavy atom. The minimum atomic E-state index is -0.298. The zero-order chi connectivity index (χ0) is 11.1. The highest BCUT2D eigenvalue weighted by Gasteiger charge is 2.39. The lowest BCUT2D eigenvalue weighted by molar-refractivity contribution is 0.396. The molecule has 1 saturated heterocycles. The van der Waals surface area contributed by atoms with Crippen molar-refractivity contribution in [3.63, 3.8) is 0 Å². The van der Waals surface area contributed by atoms with Gasteiger partial charge < -0.3 is 4.90 Å². The minimum Gasteiger partial charge on any atom is -0.364 e. The Hall–Kier alpha value is -0.680. The number of hydrogen-bond acceptors (Lipinski definition) is 4. The Balaban J connectivity index is 1.96. The number of anilines is 1. The summed E-state index contributed by atoms with van der Waals surface area (Å²) in [6.45, 7) is 0.955. The first-order valence-corrected chi connectivity index (χ1v) is 6.81. The molecule has 1 aromatic rings. The van der Waals surface area contributed by atoms with Gasteiger partial charge >= 0.3 is 0 Å². The molecule has 86 valence electrons. The van der Waals surface area contributed by atoms with E-state index in [0.29, 0.717) is 11.3 Å². The average molecular weight is 258 g/mol. The Labute approximate surface area is 102 Å². The highest BCUT2D eigenvalue weighted by atomic mass is 35.5. The first kappa shape index (κ1) is 10.5. The molecule has 2 heterocycles. The van der Waals surface area contributed by atoms with Gasteiger partial charge in [-0.1, -0.05) is 11.6 Å². The molecule has 0 radical (unpaired) electrons. The molecule has 2 unspecified atom stereocenters. The highest BCUT2D eigenvalue weighted by Crippen LogP contribution is 2.41. The molecule has 1 aliphatic carbocycles. The Bertz CT molecular complexity index is 464. The van der Waals surface area contributed by atoms with E-state index >= 15 is 0 Å². The van der Waals surface area contributed by atoms with E-state index in [1.165, 1.54) is 12.8 Å². The summed E-state index contributed by atoms with van der Waals surface area (Å²) in [7, 11) is 0. The smallest absolute Gasteiger partial charge is 0.285 e. The summed E-state index contributed by atoms with van der Waals surface area (Å²) in [6, 6.07) is 0.542. The average Bonchev–Trinajstić information content (AvgIpc) is 2.24. The third-order valence-corrected chi connectivity index (χ3v) is 5.09. The van der Waals surface area contributed by atoms with Crippen LogP contribution in [0.4, 0.5) is 5.69 Å². The van der Waals surface area contributed by atoms with E-state index in [1.807, 2.05) is 11.8 Å². The van der Waals surface area contributed by atoms with Gasteiger partial charge in [-0.3, -0.25) is 4.79 Å². The second kappa shape index (κ2) is 3.96. The molecule has 0 bridgehead atoms. The largest absolute Gasteiger partial charge is 0.364 e. The molecule has 2 fully saturated rings. The molecule has 2 atom stereocenters. The van der Waals surface area contributed by atoms with E-state index in [0.717, 1.165) is 18.0 Å². The molecule has 16 heavy (non-hydrogen) atoms. The molecule has 0 amide bonds. The summed E-state index contributed by atoms with van der Waals surface area (Å²) >= 11 is 8.06. The summed E-state index contributed by atoms with van der Waals surface area (Å²) in [5.74, 6) is 1.10. The van der Waals surface area contributed by atoms with Crippen LogP contribution < -0.4 is 10.5 Å². The van der Waals surface area contributed by atoms with E-state index in [-0.39, 0.29) is 10.6 Å². The number of hydrogen-bond donors (Lipinski definition) is 1. The predicted molar refractivity (Wildman–Crippen MR) is 66.5 cm³/mol. The van der Waals surface area contributed by atoms with Crippen molar-refractivity contribution in [1.29, 1.82) is 0 Å². The van der Waals surface area contributed by atoms with E-state index in [1.54, 1.807) is 6.20 Å². The normalized spacial score (nSPS) is 28.4. The quantitative estimate of drug-likeness (QED) is 0.829. The molecule has 3 rings (SSSR count). The number of rotatable bonds is 1. The van der Waals surface area contributed by atoms with Gasteiger partial charge in [0, 0.05) is 23.6 Å². The van der Waals surface area contributed by atoms with E-state index < -0.39 is 0 Å². The van der Waals surface area contributed by atoms with Gasteiger partial charge in [0.2, 0.25) is 0 Å². The van der Waals surface area contributed by atoms with Gasteiger partial charge in [0.25, 0.3) is 5.56 Å². The summed E-state index contributed by atoms with van der Waals surface area (Å²) in [6.07, 6.45) is 4.13. The van der Waals surface area contributed by atoms with Gasteiger partial charge in [-0.05, 0) is 12.8 Å². The first-order valence-electron chi connectivity index (χ1n) is 5.39. The number of halogens is 1. The fourth-order valence-electron chi connectivity index (χ4n) is 2.34. The second-order valence-electron chi connectivity index (χ2n) is 4.15. The molecule has 0 aromatic carbocycles. The Morgan fingerprint density at radius 2 is 2.44 bits per heavy atom. The van der Waals surface area contributed by atoms with Gasteiger partial charge in [-0.25, -0.2) is 5.10 Å². The van der Waals surface area contributed by atoms with Crippen LogP contribution >= 0.6 is 23.4 Å². The van der Waals surface area contributed by atoms with Crippen molar-refractivity contribution in [3.8, 4) is 0 Å². The Morgan fingerprint density at radius 3 is 3.19 bits per heavy atom. The number of nitrogens with one attached hydrogen (secondary N) is 1. The predicted octanol–water partition coefficient (Wildman–Crippen LogP) is 1.51. The molecular formula is C10H12ClN3OS. The first-order chi connectivity index (χ1) is 7.77. The molecule has 1 aromatic heterocycles. The van der Waals surface area contributed by atoms with Crippen molar-refractivity contribution in [2.45, 2.75) is 24.1 Å². The molecular weight excluding hydrogens is 246 g/mol. The van der Waals surface area contributed by atoms with E-state index in [4.69, 9.17) is 11.6 Å². The van der Waals surface area contributed by atoms with Crippen LogP contribution in [-0.4, -0.2) is 33.8 Å². The number of fused-ring (bicyclic) bond motifs is 1. The molecule has 0 spiro atoms. The maximum absolute atomic E-state index is 11.4. The maximum atomic E-state index is 11.4. The summed E-state index contributed by atoms with van der Waals surface area (Å²) in [4.78, 5) is 13.7. The second-order valence-corrected chi connectivity index (χ2v) is 5.87. The third-order valence-electron chi connectivity index (χ3n) is 3.33. The van der Waals surface area contributed by atoms with Gasteiger partial charge in [-0.2, -0.15) is 16.9 Å². The minimum absolute atomic E-state index is 0.271. The number of thioether (sulfide) groups is 1. The van der Waals surface area contributed by atoms with Crippen LogP contribution in [0.25, 0.3) is 0 Å². The van der Waals surface area contributed by atoms with E-state index in [9.17, 15) is 4.79 Å². The third kappa shape index (κ3) is 1.53. The van der Waals surface area contributed by atoms with Crippen LogP contribution in [0.2, 0.25) is 5.02 Å². The molecule has 2 aliphatic rings. The molecule has 1 saturated carbocycles. The number of H-pyrrole nitrogens is 1. The van der Waals surface area contributed by atoms with Crippen LogP contribution in [0.1, 0.15) is 12.8 Å².